The van der Waals surface area contributed by atoms with Gasteiger partial charge in [0.05, 0.1) is 12.9 Å². The van der Waals surface area contributed by atoms with Crippen LogP contribution < -0.4 is 4.90 Å². The Morgan fingerprint density at radius 1 is 1.09 bits per heavy atom. The van der Waals surface area contributed by atoms with Crippen LogP contribution >= 0.6 is 0 Å². The summed E-state index contributed by atoms with van der Waals surface area (Å²) in [6.45, 7) is 1.99. The zero-order chi connectivity index (χ0) is 16.3. The highest BCUT2D eigenvalue weighted by atomic mass is 32.2. The Morgan fingerprint density at radius 3 is 2.52 bits per heavy atom. The Labute approximate surface area is 137 Å². The molecule has 3 rings (SSSR count). The minimum absolute atomic E-state index is 0.233. The predicted octanol–water partition coefficient (Wildman–Crippen LogP) is 3.16. The third-order valence-electron chi connectivity index (χ3n) is 4.14. The molecule has 4 nitrogen and oxygen atoms in total. The highest BCUT2D eigenvalue weighted by Crippen LogP contribution is 2.38. The third kappa shape index (κ3) is 4.12. The SMILES string of the molecule is CS(=O)(=O)OCCC1CN(Cc2ccccc2)c2ccccc21. The summed E-state index contributed by atoms with van der Waals surface area (Å²) in [5.41, 5.74) is 3.79. The molecule has 0 saturated carbocycles. The molecule has 1 aliphatic rings. The Hall–Kier alpha value is -1.85. The molecule has 0 amide bonds. The zero-order valence-corrected chi connectivity index (χ0v) is 14.0. The van der Waals surface area contributed by atoms with E-state index in [-0.39, 0.29) is 6.61 Å². The van der Waals surface area contributed by atoms with Crippen molar-refractivity contribution in [2.45, 2.75) is 18.9 Å². The minimum atomic E-state index is -3.37. The first kappa shape index (κ1) is 16.0. The summed E-state index contributed by atoms with van der Waals surface area (Å²) in [6.07, 6.45) is 1.80. The molecule has 5 heteroatoms. The molecule has 0 radical (unpaired) electrons. The molecule has 1 aliphatic heterocycles. The van der Waals surface area contributed by atoms with Gasteiger partial charge in [-0.2, -0.15) is 8.42 Å². The lowest BCUT2D eigenvalue weighted by molar-refractivity contribution is 0.305. The van der Waals surface area contributed by atoms with Gasteiger partial charge in [0.15, 0.2) is 0 Å². The Kier molecular flexibility index (Phi) is 4.68. The van der Waals surface area contributed by atoms with Gasteiger partial charge < -0.3 is 4.90 Å². The molecule has 0 N–H and O–H groups in total. The molecule has 1 unspecified atom stereocenters. The van der Waals surface area contributed by atoms with Crippen molar-refractivity contribution in [3.05, 3.63) is 65.7 Å². The van der Waals surface area contributed by atoms with Crippen molar-refractivity contribution < 1.29 is 12.6 Å². The van der Waals surface area contributed by atoms with E-state index in [0.29, 0.717) is 12.3 Å². The van der Waals surface area contributed by atoms with E-state index in [4.69, 9.17) is 4.18 Å². The normalized spacial score (nSPS) is 17.3. The van der Waals surface area contributed by atoms with Gasteiger partial charge in [0.2, 0.25) is 0 Å². The van der Waals surface area contributed by atoms with Crippen LogP contribution in [0.3, 0.4) is 0 Å². The number of nitrogens with zero attached hydrogens (tertiary/aromatic N) is 1. The average Bonchev–Trinajstić information content (AvgIpc) is 2.86. The maximum absolute atomic E-state index is 11.1. The number of hydrogen-bond acceptors (Lipinski definition) is 4. The maximum Gasteiger partial charge on any atom is 0.264 e. The van der Waals surface area contributed by atoms with Crippen LogP contribution in [0.25, 0.3) is 0 Å². The molecular weight excluding hydrogens is 310 g/mol. The Morgan fingerprint density at radius 2 is 1.78 bits per heavy atom. The second-order valence-electron chi connectivity index (χ2n) is 5.94. The molecule has 23 heavy (non-hydrogen) atoms. The summed E-state index contributed by atoms with van der Waals surface area (Å²) in [6, 6.07) is 18.7. The monoisotopic (exact) mass is 331 g/mol. The predicted molar refractivity (Wildman–Crippen MR) is 92.1 cm³/mol. The van der Waals surface area contributed by atoms with Crippen molar-refractivity contribution in [2.24, 2.45) is 0 Å². The molecule has 0 saturated heterocycles. The lowest BCUT2D eigenvalue weighted by Gasteiger charge is -2.20. The van der Waals surface area contributed by atoms with E-state index < -0.39 is 10.1 Å². The standard InChI is InChI=1S/C18H21NO3S/c1-23(20,21)22-12-11-16-14-19(13-15-7-3-2-4-8-15)18-10-6-5-9-17(16)18/h2-10,16H,11-14H2,1H3. The number of benzene rings is 2. The van der Waals surface area contributed by atoms with Crippen molar-refractivity contribution >= 4 is 15.8 Å². The Balaban J connectivity index is 1.72. The van der Waals surface area contributed by atoms with Gasteiger partial charge in [-0.15, -0.1) is 0 Å². The third-order valence-corrected chi connectivity index (χ3v) is 4.73. The lowest BCUT2D eigenvalue weighted by Crippen LogP contribution is -2.21. The Bertz CT molecular complexity index is 759. The highest BCUT2D eigenvalue weighted by molar-refractivity contribution is 7.85. The van der Waals surface area contributed by atoms with Gasteiger partial charge in [0.1, 0.15) is 0 Å². The summed E-state index contributed by atoms with van der Waals surface area (Å²) < 4.78 is 27.2. The van der Waals surface area contributed by atoms with Crippen molar-refractivity contribution in [2.75, 3.05) is 24.3 Å². The number of para-hydroxylation sites is 1. The first-order chi connectivity index (χ1) is 11.0. The fourth-order valence-corrected chi connectivity index (χ4v) is 3.52. The van der Waals surface area contributed by atoms with Crippen LogP contribution in [0.15, 0.2) is 54.6 Å². The molecule has 1 atom stereocenters. The lowest BCUT2D eigenvalue weighted by atomic mass is 9.99. The molecule has 2 aromatic carbocycles. The highest BCUT2D eigenvalue weighted by Gasteiger charge is 2.28. The summed E-state index contributed by atoms with van der Waals surface area (Å²) in [7, 11) is -3.37. The molecular formula is C18H21NO3S. The maximum atomic E-state index is 11.1. The molecule has 2 aromatic rings. The van der Waals surface area contributed by atoms with Crippen LogP contribution in [0.2, 0.25) is 0 Å². The van der Waals surface area contributed by atoms with E-state index in [1.54, 1.807) is 0 Å². The van der Waals surface area contributed by atoms with E-state index >= 15 is 0 Å². The number of fused-ring (bicyclic) bond motifs is 1. The van der Waals surface area contributed by atoms with Crippen molar-refractivity contribution in [3.8, 4) is 0 Å². The fraction of sp³-hybridized carbons (Fsp3) is 0.333. The van der Waals surface area contributed by atoms with Gasteiger partial charge in [-0.1, -0.05) is 48.5 Å². The number of anilines is 1. The largest absolute Gasteiger partial charge is 0.366 e. The van der Waals surface area contributed by atoms with E-state index in [0.717, 1.165) is 19.3 Å². The van der Waals surface area contributed by atoms with Crippen molar-refractivity contribution in [3.63, 3.8) is 0 Å². The van der Waals surface area contributed by atoms with Gasteiger partial charge in [-0.25, -0.2) is 0 Å². The molecule has 122 valence electrons. The van der Waals surface area contributed by atoms with E-state index in [9.17, 15) is 8.42 Å². The quantitative estimate of drug-likeness (QED) is 0.763. The number of hydrogen-bond donors (Lipinski definition) is 0. The summed E-state index contributed by atoms with van der Waals surface area (Å²) in [5, 5.41) is 0. The minimum Gasteiger partial charge on any atom is -0.366 e. The van der Waals surface area contributed by atoms with Crippen LogP contribution in [0.1, 0.15) is 23.5 Å². The number of rotatable bonds is 6. The first-order valence-electron chi connectivity index (χ1n) is 7.75. The summed E-state index contributed by atoms with van der Waals surface area (Å²) in [4.78, 5) is 2.36. The van der Waals surface area contributed by atoms with Gasteiger partial charge in [0.25, 0.3) is 10.1 Å². The zero-order valence-electron chi connectivity index (χ0n) is 13.2. The topological polar surface area (TPSA) is 46.6 Å². The molecule has 0 bridgehead atoms. The first-order valence-corrected chi connectivity index (χ1v) is 9.57. The van der Waals surface area contributed by atoms with Crippen LogP contribution in [0.4, 0.5) is 5.69 Å². The van der Waals surface area contributed by atoms with Gasteiger partial charge in [0, 0.05) is 24.7 Å². The van der Waals surface area contributed by atoms with Gasteiger partial charge >= 0.3 is 0 Å². The van der Waals surface area contributed by atoms with Crippen LogP contribution in [-0.2, 0) is 20.8 Å². The molecule has 0 spiro atoms. The second kappa shape index (κ2) is 6.72. The van der Waals surface area contributed by atoms with Crippen LogP contribution in [0.5, 0.6) is 0 Å². The fourth-order valence-electron chi connectivity index (χ4n) is 3.13. The summed E-state index contributed by atoms with van der Waals surface area (Å²) >= 11 is 0. The van der Waals surface area contributed by atoms with E-state index in [2.05, 4.69) is 41.3 Å². The van der Waals surface area contributed by atoms with E-state index in [1.807, 2.05) is 18.2 Å². The second-order valence-corrected chi connectivity index (χ2v) is 7.58. The van der Waals surface area contributed by atoms with Gasteiger partial charge in [-0.05, 0) is 23.6 Å². The molecule has 0 aliphatic carbocycles. The van der Waals surface area contributed by atoms with Gasteiger partial charge in [-0.3, -0.25) is 4.18 Å². The van der Waals surface area contributed by atoms with Crippen LogP contribution in [-0.4, -0.2) is 27.8 Å². The van der Waals surface area contributed by atoms with Crippen molar-refractivity contribution in [1.29, 1.82) is 0 Å². The molecule has 0 aromatic heterocycles. The molecule has 1 heterocycles. The summed E-state index contributed by atoms with van der Waals surface area (Å²) in [5.74, 6) is 0.302. The van der Waals surface area contributed by atoms with Crippen molar-refractivity contribution in [1.82, 2.24) is 0 Å². The van der Waals surface area contributed by atoms with Crippen LogP contribution in [0, 0.1) is 0 Å². The van der Waals surface area contributed by atoms with E-state index in [1.165, 1.54) is 16.8 Å². The molecule has 0 fully saturated rings. The average molecular weight is 331 g/mol. The smallest absolute Gasteiger partial charge is 0.264 e.